The Bertz CT molecular complexity index is 487. The molecular weight excluding hydrogens is 342 g/mol. The van der Waals surface area contributed by atoms with Crippen LogP contribution in [0.3, 0.4) is 0 Å². The number of nitrogens with zero attached hydrogens (tertiary/aromatic N) is 1. The highest BCUT2D eigenvalue weighted by molar-refractivity contribution is 9.10. The Morgan fingerprint density at radius 3 is 2.70 bits per heavy atom. The normalized spacial score (nSPS) is 18.9. The predicted octanol–water partition coefficient (Wildman–Crippen LogP) is 4.35. The molecule has 110 valence electrons. The minimum Gasteiger partial charge on any atom is -0.481 e. The van der Waals surface area contributed by atoms with Gasteiger partial charge in [0.15, 0.2) is 0 Å². The first kappa shape index (κ1) is 15.8. The Labute approximate surface area is 133 Å². The van der Waals surface area contributed by atoms with E-state index in [0.29, 0.717) is 12.3 Å². The topological polar surface area (TPSA) is 40.5 Å². The number of aliphatic carboxylic acids is 1. The van der Waals surface area contributed by atoms with E-state index in [1.165, 1.54) is 0 Å². The van der Waals surface area contributed by atoms with Crippen molar-refractivity contribution in [2.45, 2.75) is 32.2 Å². The molecule has 0 bridgehead atoms. The number of hydrogen-bond donors (Lipinski definition) is 1. The van der Waals surface area contributed by atoms with Crippen molar-refractivity contribution in [3.8, 4) is 0 Å². The van der Waals surface area contributed by atoms with Crippen LogP contribution in [0.25, 0.3) is 0 Å². The molecular formula is C15H19BrClNO2. The van der Waals surface area contributed by atoms with E-state index in [0.717, 1.165) is 41.0 Å². The minimum absolute atomic E-state index is 0.265. The Morgan fingerprint density at radius 1 is 1.50 bits per heavy atom. The van der Waals surface area contributed by atoms with E-state index >= 15 is 0 Å². The molecule has 0 saturated carbocycles. The number of rotatable bonds is 4. The van der Waals surface area contributed by atoms with Gasteiger partial charge in [0.25, 0.3) is 0 Å². The number of halogens is 2. The van der Waals surface area contributed by atoms with E-state index in [2.05, 4.69) is 33.8 Å². The molecule has 0 aromatic heterocycles. The van der Waals surface area contributed by atoms with Gasteiger partial charge in [0.05, 0.1) is 0 Å². The molecule has 1 aliphatic rings. The average Bonchev–Trinajstić information content (AvgIpc) is 2.38. The van der Waals surface area contributed by atoms with Gasteiger partial charge in [-0.2, -0.15) is 0 Å². The van der Waals surface area contributed by atoms with Gasteiger partial charge in [-0.05, 0) is 56.5 Å². The number of likely N-dealkylation sites (tertiary alicyclic amines) is 1. The SMILES string of the molecule is CC(c1ccc(Br)cc1Cl)N1CCC(CC(=O)O)CC1. The van der Waals surface area contributed by atoms with Gasteiger partial charge in [-0.3, -0.25) is 9.69 Å². The molecule has 0 radical (unpaired) electrons. The van der Waals surface area contributed by atoms with Crippen molar-refractivity contribution in [3.05, 3.63) is 33.3 Å². The minimum atomic E-state index is -0.688. The van der Waals surface area contributed by atoms with Gasteiger partial charge < -0.3 is 5.11 Å². The Hall–Kier alpha value is -0.580. The van der Waals surface area contributed by atoms with Gasteiger partial charge >= 0.3 is 5.97 Å². The van der Waals surface area contributed by atoms with Crippen molar-refractivity contribution in [2.24, 2.45) is 5.92 Å². The van der Waals surface area contributed by atoms with Gasteiger partial charge in [0.2, 0.25) is 0 Å². The number of hydrogen-bond acceptors (Lipinski definition) is 2. The fourth-order valence-corrected chi connectivity index (χ4v) is 3.66. The van der Waals surface area contributed by atoms with Gasteiger partial charge in [-0.15, -0.1) is 0 Å². The largest absolute Gasteiger partial charge is 0.481 e. The second-order valence-corrected chi connectivity index (χ2v) is 6.74. The molecule has 5 heteroatoms. The first-order valence-corrected chi connectivity index (χ1v) is 8.05. The molecule has 1 saturated heterocycles. The lowest BCUT2D eigenvalue weighted by Crippen LogP contribution is -2.36. The summed E-state index contributed by atoms with van der Waals surface area (Å²) in [5, 5.41) is 9.62. The molecule has 1 fully saturated rings. The molecule has 0 spiro atoms. The molecule has 3 nitrogen and oxygen atoms in total. The van der Waals surface area contributed by atoms with Crippen LogP contribution in [0.4, 0.5) is 0 Å². The standard InChI is InChI=1S/C15H19BrClNO2/c1-10(13-3-2-12(16)9-14(13)17)18-6-4-11(5-7-18)8-15(19)20/h2-3,9-11H,4-8H2,1H3,(H,19,20). The molecule has 0 amide bonds. The fourth-order valence-electron chi connectivity index (χ4n) is 2.83. The number of carboxylic acids is 1. The molecule has 1 aromatic carbocycles. The highest BCUT2D eigenvalue weighted by Gasteiger charge is 2.25. The lowest BCUT2D eigenvalue weighted by molar-refractivity contribution is -0.138. The number of carboxylic acid groups (broad SMARTS) is 1. The van der Waals surface area contributed by atoms with Crippen LogP contribution < -0.4 is 0 Å². The van der Waals surface area contributed by atoms with Crippen LogP contribution in [0.15, 0.2) is 22.7 Å². The summed E-state index contributed by atoms with van der Waals surface area (Å²) in [4.78, 5) is 13.1. The summed E-state index contributed by atoms with van der Waals surface area (Å²) < 4.78 is 0.985. The van der Waals surface area contributed by atoms with Crippen LogP contribution in [0.5, 0.6) is 0 Å². The first-order valence-electron chi connectivity index (χ1n) is 6.88. The van der Waals surface area contributed by atoms with E-state index < -0.39 is 5.97 Å². The third-order valence-electron chi connectivity index (χ3n) is 4.07. The maximum absolute atomic E-state index is 10.7. The zero-order valence-corrected chi connectivity index (χ0v) is 13.8. The Morgan fingerprint density at radius 2 is 2.15 bits per heavy atom. The average molecular weight is 361 g/mol. The summed E-state index contributed by atoms with van der Waals surface area (Å²) in [6.45, 7) is 4.03. The van der Waals surface area contributed by atoms with Gasteiger partial charge in [-0.1, -0.05) is 33.6 Å². The van der Waals surface area contributed by atoms with E-state index in [1.807, 2.05) is 12.1 Å². The third kappa shape index (κ3) is 3.96. The van der Waals surface area contributed by atoms with Crippen molar-refractivity contribution in [3.63, 3.8) is 0 Å². The maximum Gasteiger partial charge on any atom is 0.303 e. The van der Waals surface area contributed by atoms with E-state index in [-0.39, 0.29) is 6.04 Å². The van der Waals surface area contributed by atoms with E-state index in [9.17, 15) is 4.79 Å². The second-order valence-electron chi connectivity index (χ2n) is 5.42. The summed E-state index contributed by atoms with van der Waals surface area (Å²) in [5.74, 6) is -0.371. The maximum atomic E-state index is 10.7. The summed E-state index contributed by atoms with van der Waals surface area (Å²) in [5.41, 5.74) is 1.13. The molecule has 2 rings (SSSR count). The number of piperidine rings is 1. The zero-order valence-electron chi connectivity index (χ0n) is 11.5. The Kier molecular flexibility index (Phi) is 5.47. The Balaban J connectivity index is 1.97. The highest BCUT2D eigenvalue weighted by atomic mass is 79.9. The summed E-state index contributed by atoms with van der Waals surface area (Å²) >= 11 is 9.73. The fraction of sp³-hybridized carbons (Fsp3) is 0.533. The van der Waals surface area contributed by atoms with Crippen LogP contribution in [-0.4, -0.2) is 29.1 Å². The summed E-state index contributed by atoms with van der Waals surface area (Å²) in [6, 6.07) is 6.25. The van der Waals surface area contributed by atoms with Crippen molar-refractivity contribution in [1.29, 1.82) is 0 Å². The molecule has 1 aliphatic heterocycles. The lowest BCUT2D eigenvalue weighted by atomic mass is 9.92. The van der Waals surface area contributed by atoms with Crippen molar-refractivity contribution in [2.75, 3.05) is 13.1 Å². The van der Waals surface area contributed by atoms with Crippen LogP contribution in [0, 0.1) is 5.92 Å². The summed E-state index contributed by atoms with van der Waals surface area (Å²) in [6.07, 6.45) is 2.19. The van der Waals surface area contributed by atoms with Gasteiger partial charge in [-0.25, -0.2) is 0 Å². The third-order valence-corrected chi connectivity index (χ3v) is 4.89. The molecule has 0 aliphatic carbocycles. The van der Waals surface area contributed by atoms with Gasteiger partial charge in [0.1, 0.15) is 0 Å². The van der Waals surface area contributed by atoms with Crippen LogP contribution in [0.2, 0.25) is 5.02 Å². The molecule has 1 atom stereocenters. The van der Waals surface area contributed by atoms with Gasteiger partial charge in [0, 0.05) is 22.0 Å². The number of benzene rings is 1. The highest BCUT2D eigenvalue weighted by Crippen LogP contribution is 2.32. The molecule has 1 heterocycles. The molecule has 1 aromatic rings. The predicted molar refractivity (Wildman–Crippen MR) is 84.1 cm³/mol. The molecule has 20 heavy (non-hydrogen) atoms. The monoisotopic (exact) mass is 359 g/mol. The van der Waals surface area contributed by atoms with Crippen LogP contribution >= 0.6 is 27.5 Å². The van der Waals surface area contributed by atoms with Crippen LogP contribution in [-0.2, 0) is 4.79 Å². The molecule has 1 unspecified atom stereocenters. The zero-order chi connectivity index (χ0) is 14.7. The smallest absolute Gasteiger partial charge is 0.303 e. The van der Waals surface area contributed by atoms with Crippen molar-refractivity contribution >= 4 is 33.5 Å². The number of carbonyl (C=O) groups is 1. The summed E-state index contributed by atoms with van der Waals surface area (Å²) in [7, 11) is 0. The van der Waals surface area contributed by atoms with E-state index in [4.69, 9.17) is 16.7 Å². The quantitative estimate of drug-likeness (QED) is 0.868. The second kappa shape index (κ2) is 6.92. The van der Waals surface area contributed by atoms with Crippen molar-refractivity contribution in [1.82, 2.24) is 4.90 Å². The molecule has 1 N–H and O–H groups in total. The van der Waals surface area contributed by atoms with Crippen molar-refractivity contribution < 1.29 is 9.90 Å². The first-order chi connectivity index (χ1) is 9.47. The van der Waals surface area contributed by atoms with Crippen LogP contribution in [0.1, 0.15) is 37.8 Å². The lowest BCUT2D eigenvalue weighted by Gasteiger charge is -2.36. The van der Waals surface area contributed by atoms with E-state index in [1.54, 1.807) is 0 Å².